The average molecular weight is 446 g/mol. The molecule has 8 rings (SSSR count). The number of hydrogen-bond donors (Lipinski definition) is 1. The van der Waals surface area contributed by atoms with Gasteiger partial charge in [-0.05, 0) is 77.3 Å². The first kappa shape index (κ1) is 19.4. The summed E-state index contributed by atoms with van der Waals surface area (Å²) in [6.07, 6.45) is 7.93. The largest absolute Gasteiger partial charge is 0.618 e. The van der Waals surface area contributed by atoms with Crippen molar-refractivity contribution in [2.24, 2.45) is 11.3 Å². The number of carbonyl (C=O) groups is 2. The number of fused-ring (bicyclic) bond motifs is 6. The predicted octanol–water partition coefficient (Wildman–Crippen LogP) is 3.14. The molecule has 2 spiro atoms. The van der Waals surface area contributed by atoms with Crippen molar-refractivity contribution in [1.82, 2.24) is 10.2 Å². The molecule has 7 nitrogen and oxygen atoms in total. The maximum absolute atomic E-state index is 13.9. The van der Waals surface area contributed by atoms with E-state index in [0.29, 0.717) is 36.5 Å². The van der Waals surface area contributed by atoms with Crippen molar-refractivity contribution < 1.29 is 19.1 Å². The van der Waals surface area contributed by atoms with E-state index in [-0.39, 0.29) is 17.7 Å². The van der Waals surface area contributed by atoms with Crippen molar-refractivity contribution in [3.8, 4) is 5.75 Å². The maximum Gasteiger partial charge on any atom is 0.253 e. The van der Waals surface area contributed by atoms with E-state index in [1.54, 1.807) is 0 Å². The van der Waals surface area contributed by atoms with Crippen LogP contribution in [-0.4, -0.2) is 50.4 Å². The number of piperidine rings is 2. The number of nitrogens with zero attached hydrogens (tertiary/aromatic N) is 2. The standard InChI is InChI=1S/C26H27N3O4/c1-23(2)10-8-15-17(33-23)7-6-14-16-12-26-18(24(3,4)20(16)29(32)19(14)15)13-25(21(30)27-26)9-5-11-28(25)22(26)31/h6-8,10,12,18H,5,9,11,13H2,1-4H3,(H,27,30)/t18-,25+,26+/m1/s1. The van der Waals surface area contributed by atoms with Gasteiger partial charge < -0.3 is 20.2 Å². The van der Waals surface area contributed by atoms with Crippen LogP contribution in [0.3, 0.4) is 0 Å². The van der Waals surface area contributed by atoms with Crippen LogP contribution in [0, 0.1) is 16.5 Å². The normalized spacial score (nSPS) is 35.8. The Labute approximate surface area is 192 Å². The molecule has 1 aromatic rings. The lowest BCUT2D eigenvalue weighted by atomic mass is 9.51. The Kier molecular flexibility index (Phi) is 3.14. The molecule has 7 aliphatic rings. The second kappa shape index (κ2) is 5.34. The van der Waals surface area contributed by atoms with Gasteiger partial charge in [0.1, 0.15) is 22.4 Å². The maximum atomic E-state index is 13.9. The van der Waals surface area contributed by atoms with E-state index in [9.17, 15) is 14.8 Å². The number of amides is 2. The highest BCUT2D eigenvalue weighted by molar-refractivity contribution is 6.30. The van der Waals surface area contributed by atoms with Crippen LogP contribution < -0.4 is 10.1 Å². The first-order chi connectivity index (χ1) is 15.5. The summed E-state index contributed by atoms with van der Waals surface area (Å²) in [5.74, 6) is 0.424. The number of rotatable bonds is 0. The molecule has 6 aliphatic heterocycles. The fourth-order valence-electron chi connectivity index (χ4n) is 7.43. The fraction of sp³-hybridized carbons (Fsp3) is 0.500. The highest BCUT2D eigenvalue weighted by Gasteiger charge is 2.74. The van der Waals surface area contributed by atoms with Crippen LogP contribution >= 0.6 is 0 Å². The summed E-state index contributed by atoms with van der Waals surface area (Å²) < 4.78 is 7.18. The molecule has 1 aromatic carbocycles. The summed E-state index contributed by atoms with van der Waals surface area (Å²) in [5, 5.41) is 17.0. The topological polar surface area (TPSA) is 84.7 Å². The molecule has 4 fully saturated rings. The summed E-state index contributed by atoms with van der Waals surface area (Å²) in [4.78, 5) is 29.0. The number of benzene rings is 1. The molecule has 1 aliphatic carbocycles. The van der Waals surface area contributed by atoms with Gasteiger partial charge in [0, 0.05) is 12.5 Å². The number of allylic oxidation sites excluding steroid dienone is 1. The SMILES string of the molecule is CC1(C)C=Cc2c(ccc3c2[N+]([O-])=C2C3=C[C@@]34NC(=O)[C@]5(CCCN5C3=O)C[C@@H]4C2(C)C)O1. The smallest absolute Gasteiger partial charge is 0.253 e. The van der Waals surface area contributed by atoms with Crippen LogP contribution in [-0.2, 0) is 9.59 Å². The molecule has 1 N–H and O–H groups in total. The highest BCUT2D eigenvalue weighted by Crippen LogP contribution is 2.61. The molecule has 6 heterocycles. The molecule has 3 atom stereocenters. The average Bonchev–Trinajstić information content (AvgIpc) is 3.29. The first-order valence-corrected chi connectivity index (χ1v) is 11.8. The zero-order valence-corrected chi connectivity index (χ0v) is 19.3. The number of carbonyl (C=O) groups excluding carboxylic acids is 2. The second-order valence-corrected chi connectivity index (χ2v) is 11.5. The third kappa shape index (κ3) is 1.98. The third-order valence-corrected chi connectivity index (χ3v) is 8.93. The molecule has 0 saturated carbocycles. The van der Waals surface area contributed by atoms with Crippen molar-refractivity contribution in [2.75, 3.05) is 6.54 Å². The summed E-state index contributed by atoms with van der Waals surface area (Å²) >= 11 is 0. The molecule has 2 amide bonds. The van der Waals surface area contributed by atoms with E-state index in [4.69, 9.17) is 4.74 Å². The van der Waals surface area contributed by atoms with Crippen LogP contribution in [0.2, 0.25) is 0 Å². The molecule has 33 heavy (non-hydrogen) atoms. The number of nitrogens with one attached hydrogen (secondary N) is 1. The first-order valence-electron chi connectivity index (χ1n) is 11.8. The van der Waals surface area contributed by atoms with Crippen molar-refractivity contribution >= 4 is 34.9 Å². The summed E-state index contributed by atoms with van der Waals surface area (Å²) in [6.45, 7) is 8.69. The Morgan fingerprint density at radius 3 is 2.79 bits per heavy atom. The van der Waals surface area contributed by atoms with Crippen molar-refractivity contribution in [3.05, 3.63) is 40.6 Å². The Bertz CT molecular complexity index is 1300. The molecule has 4 saturated heterocycles. The number of hydrogen-bond acceptors (Lipinski definition) is 4. The number of piperazine rings is 1. The van der Waals surface area contributed by atoms with Crippen molar-refractivity contribution in [1.29, 1.82) is 0 Å². The Hall–Kier alpha value is -3.09. The number of ether oxygens (including phenoxy) is 1. The van der Waals surface area contributed by atoms with Gasteiger partial charge in [0.2, 0.25) is 17.3 Å². The summed E-state index contributed by atoms with van der Waals surface area (Å²) in [7, 11) is 0. The third-order valence-electron chi connectivity index (χ3n) is 8.93. The van der Waals surface area contributed by atoms with E-state index in [1.807, 2.05) is 49.1 Å². The zero-order chi connectivity index (χ0) is 23.1. The molecule has 0 aromatic heterocycles. The van der Waals surface area contributed by atoms with Gasteiger partial charge in [0.05, 0.1) is 22.1 Å². The van der Waals surface area contributed by atoms with Crippen LogP contribution in [0.4, 0.5) is 5.69 Å². The molecule has 2 bridgehead atoms. The predicted molar refractivity (Wildman–Crippen MR) is 123 cm³/mol. The highest BCUT2D eigenvalue weighted by atomic mass is 16.5. The van der Waals surface area contributed by atoms with Crippen LogP contribution in [0.15, 0.2) is 24.3 Å². The van der Waals surface area contributed by atoms with Crippen molar-refractivity contribution in [3.63, 3.8) is 0 Å². The molecular formula is C26H27N3O4. The van der Waals surface area contributed by atoms with Crippen LogP contribution in [0.5, 0.6) is 5.75 Å². The fourth-order valence-corrected chi connectivity index (χ4v) is 7.43. The molecular weight excluding hydrogens is 418 g/mol. The van der Waals surface area contributed by atoms with E-state index in [2.05, 4.69) is 19.2 Å². The second-order valence-electron chi connectivity index (χ2n) is 11.5. The zero-order valence-electron chi connectivity index (χ0n) is 19.3. The quantitative estimate of drug-likeness (QED) is 0.491. The van der Waals surface area contributed by atoms with E-state index in [1.165, 1.54) is 0 Å². The van der Waals surface area contributed by atoms with Gasteiger partial charge >= 0.3 is 0 Å². The molecule has 0 unspecified atom stereocenters. The molecule has 0 radical (unpaired) electrons. The van der Waals surface area contributed by atoms with Gasteiger partial charge in [0.25, 0.3) is 5.91 Å². The minimum Gasteiger partial charge on any atom is -0.618 e. The minimum atomic E-state index is -1.11. The summed E-state index contributed by atoms with van der Waals surface area (Å²) in [5.41, 5.74) is 0.613. The van der Waals surface area contributed by atoms with Gasteiger partial charge in [-0.25, -0.2) is 0 Å². The van der Waals surface area contributed by atoms with Gasteiger partial charge in [-0.2, -0.15) is 4.74 Å². The lowest BCUT2D eigenvalue weighted by molar-refractivity contribution is -0.362. The Morgan fingerprint density at radius 1 is 1.21 bits per heavy atom. The minimum absolute atomic E-state index is 0.0238. The van der Waals surface area contributed by atoms with Gasteiger partial charge in [-0.15, -0.1) is 0 Å². The Morgan fingerprint density at radius 2 is 2.00 bits per heavy atom. The molecule has 7 heteroatoms. The lowest BCUT2D eigenvalue weighted by Gasteiger charge is -2.62. The van der Waals surface area contributed by atoms with Crippen molar-refractivity contribution in [2.45, 2.75) is 63.6 Å². The van der Waals surface area contributed by atoms with Gasteiger partial charge in [-0.3, -0.25) is 9.59 Å². The van der Waals surface area contributed by atoms with E-state index < -0.39 is 22.1 Å². The molecule has 170 valence electrons. The van der Waals surface area contributed by atoms with Gasteiger partial charge in [0.15, 0.2) is 0 Å². The van der Waals surface area contributed by atoms with Gasteiger partial charge in [-0.1, -0.05) is 0 Å². The Balaban J connectivity index is 1.49. The lowest BCUT2D eigenvalue weighted by Crippen LogP contribution is -2.83. The van der Waals surface area contributed by atoms with Crippen LogP contribution in [0.25, 0.3) is 11.6 Å². The van der Waals surface area contributed by atoms with E-state index in [0.717, 1.165) is 27.9 Å². The van der Waals surface area contributed by atoms with Crippen LogP contribution in [0.1, 0.15) is 58.1 Å². The monoisotopic (exact) mass is 445 g/mol. The van der Waals surface area contributed by atoms with E-state index >= 15 is 0 Å². The summed E-state index contributed by atoms with van der Waals surface area (Å²) in [6, 6.07) is 3.82.